The van der Waals surface area contributed by atoms with Crippen LogP contribution in [0.4, 0.5) is 0 Å². The minimum Gasteiger partial charge on any atom is -0.337 e. The minimum absolute atomic E-state index is 0.0458. The lowest BCUT2D eigenvalue weighted by Crippen LogP contribution is -2.36. The summed E-state index contributed by atoms with van der Waals surface area (Å²) < 4.78 is 1.75. The highest BCUT2D eigenvalue weighted by Gasteiger charge is 2.21. The highest BCUT2D eigenvalue weighted by molar-refractivity contribution is 5.96. The molecule has 4 aromatic heterocycles. The zero-order chi connectivity index (χ0) is 23.1. The highest BCUT2D eigenvalue weighted by atomic mass is 16.2. The molecule has 1 amide bonds. The molecule has 168 valence electrons. The molecule has 0 radical (unpaired) electrons. The molecule has 1 aliphatic rings. The zero-order valence-corrected chi connectivity index (χ0v) is 18.8. The van der Waals surface area contributed by atoms with Crippen molar-refractivity contribution in [2.24, 2.45) is 7.05 Å². The Kier molecular flexibility index (Phi) is 4.98. The predicted octanol–water partition coefficient (Wildman–Crippen LogP) is 4.27. The molecule has 8 nitrogen and oxygen atoms in total. The summed E-state index contributed by atoms with van der Waals surface area (Å²) in [5.74, 6) is -0.0458. The normalized spacial score (nSPS) is 14.1. The fourth-order valence-electron chi connectivity index (χ4n) is 4.50. The van der Waals surface area contributed by atoms with Gasteiger partial charge >= 0.3 is 0 Å². The van der Waals surface area contributed by atoms with E-state index in [1.807, 2.05) is 54.5 Å². The summed E-state index contributed by atoms with van der Waals surface area (Å²) in [6, 6.07) is 13.7. The second-order valence-electron chi connectivity index (χ2n) is 8.64. The summed E-state index contributed by atoms with van der Waals surface area (Å²) in [5, 5.41) is 5.30. The summed E-state index contributed by atoms with van der Waals surface area (Å²) in [6.07, 6.45) is 8.60. The van der Waals surface area contributed by atoms with Crippen molar-refractivity contribution in [1.29, 1.82) is 0 Å². The SMILES string of the molecule is Cn1cc2cc(-c3nc4cc(C(=O)N5CCCCC5)ncc4nc3-c3ccccc3)cnc2n1. The monoisotopic (exact) mass is 449 g/mol. The van der Waals surface area contributed by atoms with Crippen molar-refractivity contribution in [3.05, 3.63) is 66.7 Å². The van der Waals surface area contributed by atoms with E-state index in [2.05, 4.69) is 15.1 Å². The van der Waals surface area contributed by atoms with Gasteiger partial charge in [0.15, 0.2) is 5.65 Å². The maximum atomic E-state index is 13.0. The van der Waals surface area contributed by atoms with Crippen LogP contribution in [-0.4, -0.2) is 53.6 Å². The minimum atomic E-state index is -0.0458. The maximum Gasteiger partial charge on any atom is 0.272 e. The summed E-state index contributed by atoms with van der Waals surface area (Å²) in [7, 11) is 1.88. The Morgan fingerprint density at radius 1 is 0.853 bits per heavy atom. The van der Waals surface area contributed by atoms with Gasteiger partial charge in [0.25, 0.3) is 5.91 Å². The molecule has 1 fully saturated rings. The Hall–Kier alpha value is -4.20. The van der Waals surface area contributed by atoms with Crippen LogP contribution in [0.5, 0.6) is 0 Å². The molecule has 1 aliphatic heterocycles. The lowest BCUT2D eigenvalue weighted by atomic mass is 10.0. The van der Waals surface area contributed by atoms with Gasteiger partial charge in [-0.25, -0.2) is 19.9 Å². The summed E-state index contributed by atoms with van der Waals surface area (Å²) >= 11 is 0. The molecule has 34 heavy (non-hydrogen) atoms. The van der Waals surface area contributed by atoms with Crippen LogP contribution in [0.25, 0.3) is 44.6 Å². The number of aromatic nitrogens is 6. The lowest BCUT2D eigenvalue weighted by molar-refractivity contribution is 0.0718. The molecular formula is C26H23N7O. The molecule has 0 spiro atoms. The van der Waals surface area contributed by atoms with Crippen molar-refractivity contribution in [1.82, 2.24) is 34.6 Å². The number of amides is 1. The largest absolute Gasteiger partial charge is 0.337 e. The molecular weight excluding hydrogens is 426 g/mol. The van der Waals surface area contributed by atoms with Crippen molar-refractivity contribution >= 4 is 28.0 Å². The van der Waals surface area contributed by atoms with Gasteiger partial charge in [0.2, 0.25) is 0 Å². The van der Waals surface area contributed by atoms with E-state index in [-0.39, 0.29) is 5.91 Å². The van der Waals surface area contributed by atoms with Crippen LogP contribution in [0.2, 0.25) is 0 Å². The van der Waals surface area contributed by atoms with E-state index in [1.165, 1.54) is 6.42 Å². The van der Waals surface area contributed by atoms with Gasteiger partial charge in [-0.1, -0.05) is 30.3 Å². The molecule has 8 heteroatoms. The first-order valence-electron chi connectivity index (χ1n) is 11.5. The van der Waals surface area contributed by atoms with Crippen LogP contribution in [0.15, 0.2) is 61.1 Å². The average Bonchev–Trinajstić information content (AvgIpc) is 3.27. The Morgan fingerprint density at radius 2 is 1.62 bits per heavy atom. The first-order chi connectivity index (χ1) is 16.7. The highest BCUT2D eigenvalue weighted by Crippen LogP contribution is 2.32. The van der Waals surface area contributed by atoms with Crippen molar-refractivity contribution in [3.8, 4) is 22.5 Å². The average molecular weight is 450 g/mol. The number of carbonyl (C=O) groups excluding carboxylic acids is 1. The van der Waals surface area contributed by atoms with Gasteiger partial charge in [-0.05, 0) is 31.4 Å². The number of pyridine rings is 2. The number of piperidine rings is 1. The number of carbonyl (C=O) groups is 1. The van der Waals surface area contributed by atoms with Crippen LogP contribution in [-0.2, 0) is 7.05 Å². The second-order valence-corrected chi connectivity index (χ2v) is 8.64. The van der Waals surface area contributed by atoms with E-state index in [0.29, 0.717) is 28.1 Å². The molecule has 0 aliphatic carbocycles. The maximum absolute atomic E-state index is 13.0. The third kappa shape index (κ3) is 3.67. The van der Waals surface area contributed by atoms with Crippen molar-refractivity contribution in [3.63, 3.8) is 0 Å². The molecule has 6 rings (SSSR count). The van der Waals surface area contributed by atoms with Gasteiger partial charge < -0.3 is 4.90 Å². The summed E-state index contributed by atoms with van der Waals surface area (Å²) in [5.41, 5.74) is 5.61. The molecule has 0 bridgehead atoms. The quantitative estimate of drug-likeness (QED) is 0.409. The first-order valence-corrected chi connectivity index (χ1v) is 11.5. The molecule has 5 heterocycles. The van der Waals surface area contributed by atoms with Gasteiger partial charge in [-0.15, -0.1) is 0 Å². The second kappa shape index (κ2) is 8.30. The van der Waals surface area contributed by atoms with E-state index in [1.54, 1.807) is 23.1 Å². The van der Waals surface area contributed by atoms with Crippen LogP contribution in [0, 0.1) is 0 Å². The molecule has 1 aromatic carbocycles. The lowest BCUT2D eigenvalue weighted by Gasteiger charge is -2.26. The van der Waals surface area contributed by atoms with Crippen LogP contribution in [0.1, 0.15) is 29.8 Å². The van der Waals surface area contributed by atoms with Gasteiger partial charge in [0, 0.05) is 49.0 Å². The van der Waals surface area contributed by atoms with E-state index in [9.17, 15) is 4.79 Å². The summed E-state index contributed by atoms with van der Waals surface area (Å²) in [4.78, 5) is 33.8. The molecule has 1 saturated heterocycles. The van der Waals surface area contributed by atoms with Gasteiger partial charge in [0.05, 0.1) is 23.1 Å². The van der Waals surface area contributed by atoms with E-state index < -0.39 is 0 Å². The predicted molar refractivity (Wildman–Crippen MR) is 130 cm³/mol. The molecule has 5 aromatic rings. The smallest absolute Gasteiger partial charge is 0.272 e. The third-order valence-corrected chi connectivity index (χ3v) is 6.21. The number of rotatable bonds is 3. The van der Waals surface area contributed by atoms with E-state index in [0.717, 1.165) is 48.1 Å². The van der Waals surface area contributed by atoms with Crippen LogP contribution < -0.4 is 0 Å². The van der Waals surface area contributed by atoms with Gasteiger partial charge in [-0.3, -0.25) is 9.48 Å². The fourth-order valence-corrected chi connectivity index (χ4v) is 4.50. The number of hydrogen-bond acceptors (Lipinski definition) is 6. The van der Waals surface area contributed by atoms with E-state index >= 15 is 0 Å². The molecule has 0 unspecified atom stereocenters. The number of nitrogens with zero attached hydrogens (tertiary/aromatic N) is 7. The number of fused-ring (bicyclic) bond motifs is 2. The number of likely N-dealkylation sites (tertiary alicyclic amines) is 1. The Bertz CT molecular complexity index is 1520. The molecule has 0 N–H and O–H groups in total. The molecule has 0 atom stereocenters. The number of aryl methyl sites for hydroxylation is 1. The first kappa shape index (κ1) is 20.4. The number of hydrogen-bond donors (Lipinski definition) is 0. The number of benzene rings is 1. The van der Waals surface area contributed by atoms with E-state index in [4.69, 9.17) is 9.97 Å². The molecule has 0 saturated carbocycles. The summed E-state index contributed by atoms with van der Waals surface area (Å²) in [6.45, 7) is 1.55. The van der Waals surface area contributed by atoms with Gasteiger partial charge in [0.1, 0.15) is 11.2 Å². The van der Waals surface area contributed by atoms with Crippen LogP contribution in [0.3, 0.4) is 0 Å². The Morgan fingerprint density at radius 3 is 2.44 bits per heavy atom. The zero-order valence-electron chi connectivity index (χ0n) is 18.8. The fraction of sp³-hybridized carbons (Fsp3) is 0.231. The Balaban J connectivity index is 1.51. The van der Waals surface area contributed by atoms with Gasteiger partial charge in [-0.2, -0.15) is 5.10 Å². The van der Waals surface area contributed by atoms with Crippen LogP contribution >= 0.6 is 0 Å². The third-order valence-electron chi connectivity index (χ3n) is 6.21. The standard InChI is InChI=1S/C26H23N7O/c1-32-16-19-12-18(14-28-25(19)31-32)24-23(17-8-4-2-5-9-17)30-22-15-27-21(13-20(22)29-24)26(34)33-10-6-3-7-11-33/h2,4-5,8-9,12-16H,3,6-7,10-11H2,1H3. The Labute approximate surface area is 196 Å². The van der Waals surface area contributed by atoms with Crippen molar-refractivity contribution < 1.29 is 4.79 Å². The van der Waals surface area contributed by atoms with Crippen molar-refractivity contribution in [2.75, 3.05) is 13.1 Å². The topological polar surface area (TPSA) is 89.7 Å². The van der Waals surface area contributed by atoms with Crippen molar-refractivity contribution in [2.45, 2.75) is 19.3 Å².